The first-order chi connectivity index (χ1) is 11.4. The molecule has 3 aliphatic heterocycles. The zero-order valence-electron chi connectivity index (χ0n) is 13.1. The van der Waals surface area contributed by atoms with Crippen LogP contribution < -0.4 is 16.0 Å². The molecule has 7 heteroatoms. The van der Waals surface area contributed by atoms with Crippen LogP contribution in [-0.4, -0.2) is 36.4 Å². The van der Waals surface area contributed by atoms with Crippen molar-refractivity contribution in [3.8, 4) is 0 Å². The predicted molar refractivity (Wildman–Crippen MR) is 83.9 cm³/mol. The highest BCUT2D eigenvalue weighted by molar-refractivity contribution is 6.01. The minimum absolute atomic E-state index is 0.264. The van der Waals surface area contributed by atoms with Gasteiger partial charge in [0.25, 0.3) is 5.92 Å². The second-order valence-electron chi connectivity index (χ2n) is 6.89. The molecule has 3 N–H and O–H groups in total. The Morgan fingerprint density at radius 2 is 1.92 bits per heavy atom. The van der Waals surface area contributed by atoms with Gasteiger partial charge in [-0.25, -0.2) is 8.78 Å². The molecular weight excluding hydrogens is 316 g/mol. The van der Waals surface area contributed by atoms with Crippen molar-refractivity contribution in [2.45, 2.75) is 49.1 Å². The molecule has 4 fully saturated rings. The number of benzene rings is 1. The molecule has 3 heterocycles. The van der Waals surface area contributed by atoms with Crippen molar-refractivity contribution in [2.75, 3.05) is 11.9 Å². The van der Waals surface area contributed by atoms with E-state index in [4.69, 9.17) is 0 Å². The van der Waals surface area contributed by atoms with Gasteiger partial charge in [-0.15, -0.1) is 0 Å². The van der Waals surface area contributed by atoms with Gasteiger partial charge in [-0.3, -0.25) is 14.9 Å². The Bertz CT molecular complexity index is 688. The van der Waals surface area contributed by atoms with Crippen LogP contribution in [0.4, 0.5) is 14.5 Å². The highest BCUT2D eigenvalue weighted by atomic mass is 19.3. The number of carbonyl (C=O) groups excluding carboxylic acids is 2. The molecule has 5 nitrogen and oxygen atoms in total. The molecule has 2 amide bonds. The second kappa shape index (κ2) is 5.24. The van der Waals surface area contributed by atoms with Gasteiger partial charge >= 0.3 is 0 Å². The van der Waals surface area contributed by atoms with E-state index in [1.807, 2.05) is 0 Å². The largest absolute Gasteiger partial charge is 0.374 e. The topological polar surface area (TPSA) is 70.2 Å². The Labute approximate surface area is 138 Å². The van der Waals surface area contributed by atoms with E-state index in [0.717, 1.165) is 0 Å². The van der Waals surface area contributed by atoms with Gasteiger partial charge in [-0.1, -0.05) is 12.1 Å². The number of hydrogen-bond acceptors (Lipinski definition) is 4. The summed E-state index contributed by atoms with van der Waals surface area (Å²) >= 11 is 0. The molecule has 4 aliphatic rings. The van der Waals surface area contributed by atoms with Gasteiger partial charge < -0.3 is 10.6 Å². The fraction of sp³-hybridized carbons (Fsp3) is 0.529. The number of imide groups is 1. The van der Waals surface area contributed by atoms with Crippen LogP contribution in [-0.2, 0) is 15.0 Å². The van der Waals surface area contributed by atoms with Crippen LogP contribution in [0.2, 0.25) is 0 Å². The maximum atomic E-state index is 14.4. The highest BCUT2D eigenvalue weighted by Crippen LogP contribution is 2.59. The number of anilines is 1. The first-order valence-electron chi connectivity index (χ1n) is 8.24. The molecule has 24 heavy (non-hydrogen) atoms. The Hall–Kier alpha value is -2.02. The number of nitrogens with one attached hydrogen (secondary N) is 3. The third kappa shape index (κ3) is 2.14. The fourth-order valence-corrected chi connectivity index (χ4v) is 4.12. The van der Waals surface area contributed by atoms with E-state index in [9.17, 15) is 18.4 Å². The summed E-state index contributed by atoms with van der Waals surface area (Å²) in [6.45, 7) is 0.608. The lowest BCUT2D eigenvalue weighted by Gasteiger charge is -2.59. The van der Waals surface area contributed by atoms with Gasteiger partial charge in [0, 0.05) is 12.1 Å². The highest BCUT2D eigenvalue weighted by Gasteiger charge is 2.70. The lowest BCUT2D eigenvalue weighted by molar-refractivity contribution is -0.204. The smallest absolute Gasteiger partial charge is 0.272 e. The molecule has 0 spiro atoms. The molecule has 3 atom stereocenters. The van der Waals surface area contributed by atoms with Crippen molar-refractivity contribution in [3.63, 3.8) is 0 Å². The average molecular weight is 335 g/mol. The molecule has 1 aromatic carbocycles. The summed E-state index contributed by atoms with van der Waals surface area (Å²) in [6, 6.07) is 5.74. The van der Waals surface area contributed by atoms with Gasteiger partial charge in [0.15, 0.2) is 0 Å². The van der Waals surface area contributed by atoms with E-state index >= 15 is 0 Å². The summed E-state index contributed by atoms with van der Waals surface area (Å²) in [7, 11) is 0. The van der Waals surface area contributed by atoms with E-state index in [1.165, 1.54) is 0 Å². The summed E-state index contributed by atoms with van der Waals surface area (Å²) < 4.78 is 28.8. The number of carbonyl (C=O) groups is 2. The standard InChI is InChI=1S/C17H19F2N3O2/c18-17(19)13-9-16(17,7-8-20-13)10-1-3-11(4-2-10)21-12-5-6-14(23)22-15(12)24/h1-4,12-13,20-21H,5-9H2,(H,22,23,24)/t12-,13?,16-/m1/s1. The summed E-state index contributed by atoms with van der Waals surface area (Å²) in [5, 5.41) is 8.23. The molecule has 1 aliphatic carbocycles. The molecule has 3 saturated heterocycles. The molecule has 1 saturated carbocycles. The minimum Gasteiger partial charge on any atom is -0.374 e. The molecule has 0 radical (unpaired) electrons. The SMILES string of the molecule is O=C1CC[C@@H](Nc2ccc([C@@]34CCNC(C3)C4(F)F)cc2)C(=O)N1. The van der Waals surface area contributed by atoms with Crippen molar-refractivity contribution in [2.24, 2.45) is 0 Å². The van der Waals surface area contributed by atoms with Crippen molar-refractivity contribution >= 4 is 17.5 Å². The van der Waals surface area contributed by atoms with Crippen LogP contribution in [0.3, 0.4) is 0 Å². The third-order valence-electron chi connectivity index (χ3n) is 5.59. The van der Waals surface area contributed by atoms with Crippen LogP contribution in [0.25, 0.3) is 0 Å². The molecule has 128 valence electrons. The zero-order chi connectivity index (χ0) is 16.9. The molecule has 1 aromatic rings. The van der Waals surface area contributed by atoms with Gasteiger partial charge in [-0.2, -0.15) is 0 Å². The fourth-order valence-electron chi connectivity index (χ4n) is 4.12. The van der Waals surface area contributed by atoms with Crippen LogP contribution in [0, 0.1) is 0 Å². The number of alkyl halides is 2. The summed E-state index contributed by atoms with van der Waals surface area (Å²) in [5.41, 5.74) is 0.285. The average Bonchev–Trinajstić information content (AvgIpc) is 2.58. The summed E-state index contributed by atoms with van der Waals surface area (Å²) in [4.78, 5) is 22.9. The first-order valence-corrected chi connectivity index (χ1v) is 8.24. The van der Waals surface area contributed by atoms with Gasteiger partial charge in [0.2, 0.25) is 11.8 Å². The molecule has 1 unspecified atom stereocenters. The molecule has 2 bridgehead atoms. The lowest BCUT2D eigenvalue weighted by Crippen LogP contribution is -2.74. The van der Waals surface area contributed by atoms with Crippen molar-refractivity contribution in [3.05, 3.63) is 29.8 Å². The Morgan fingerprint density at radius 1 is 1.17 bits per heavy atom. The normalized spacial score (nSPS) is 34.2. The van der Waals surface area contributed by atoms with E-state index in [0.29, 0.717) is 43.5 Å². The van der Waals surface area contributed by atoms with Crippen LogP contribution in [0.15, 0.2) is 24.3 Å². The third-order valence-corrected chi connectivity index (χ3v) is 5.59. The monoisotopic (exact) mass is 335 g/mol. The Morgan fingerprint density at radius 3 is 2.54 bits per heavy atom. The number of amides is 2. The van der Waals surface area contributed by atoms with Crippen LogP contribution in [0.5, 0.6) is 0 Å². The predicted octanol–water partition coefficient (Wildman–Crippen LogP) is 1.54. The van der Waals surface area contributed by atoms with Gasteiger partial charge in [-0.05, 0) is 43.5 Å². The van der Waals surface area contributed by atoms with E-state index in [2.05, 4.69) is 16.0 Å². The lowest BCUT2D eigenvalue weighted by atomic mass is 9.54. The van der Waals surface area contributed by atoms with Crippen molar-refractivity contribution in [1.82, 2.24) is 10.6 Å². The van der Waals surface area contributed by atoms with Gasteiger partial charge in [0.05, 0.1) is 11.5 Å². The maximum absolute atomic E-state index is 14.4. The van der Waals surface area contributed by atoms with E-state index in [1.54, 1.807) is 24.3 Å². The minimum atomic E-state index is -2.72. The van der Waals surface area contributed by atoms with Crippen molar-refractivity contribution < 1.29 is 18.4 Å². The number of halogens is 2. The second-order valence-corrected chi connectivity index (χ2v) is 6.89. The summed E-state index contributed by atoms with van der Waals surface area (Å²) in [5.74, 6) is -3.33. The van der Waals surface area contributed by atoms with Crippen LogP contribution >= 0.6 is 0 Å². The Balaban J connectivity index is 1.49. The molecule has 5 rings (SSSR count). The molecular formula is C17H19F2N3O2. The maximum Gasteiger partial charge on any atom is 0.272 e. The van der Waals surface area contributed by atoms with Gasteiger partial charge in [0.1, 0.15) is 6.04 Å². The zero-order valence-corrected chi connectivity index (χ0v) is 13.1. The number of piperidine rings is 3. The quantitative estimate of drug-likeness (QED) is 0.733. The first kappa shape index (κ1) is 15.5. The summed E-state index contributed by atoms with van der Waals surface area (Å²) in [6.07, 6.45) is 1.61. The molecule has 0 aromatic heterocycles. The Kier molecular flexibility index (Phi) is 3.38. The number of rotatable bonds is 3. The number of hydrogen-bond donors (Lipinski definition) is 3. The van der Waals surface area contributed by atoms with Crippen molar-refractivity contribution in [1.29, 1.82) is 0 Å². The van der Waals surface area contributed by atoms with E-state index < -0.39 is 23.4 Å². The number of fused-ring (bicyclic) bond motifs is 2. The van der Waals surface area contributed by atoms with Crippen LogP contribution in [0.1, 0.15) is 31.2 Å². The van der Waals surface area contributed by atoms with E-state index in [-0.39, 0.29) is 11.8 Å².